The molecule has 0 radical (unpaired) electrons. The molecule has 0 saturated heterocycles. The number of carboxylic acids is 1. The van der Waals surface area contributed by atoms with Crippen molar-refractivity contribution < 1.29 is 14.3 Å². The van der Waals surface area contributed by atoms with Gasteiger partial charge in [0.2, 0.25) is 0 Å². The van der Waals surface area contributed by atoms with Crippen molar-refractivity contribution in [1.29, 1.82) is 0 Å². The van der Waals surface area contributed by atoms with Gasteiger partial charge in [-0.3, -0.25) is 4.79 Å². The van der Waals surface area contributed by atoms with Crippen LogP contribution in [0, 0.1) is 5.82 Å². The van der Waals surface area contributed by atoms with Gasteiger partial charge in [0.25, 0.3) is 0 Å². The second-order valence-corrected chi connectivity index (χ2v) is 2.34. The third kappa shape index (κ3) is 3.08. The van der Waals surface area contributed by atoms with Gasteiger partial charge in [0.05, 0.1) is 0 Å². The number of hydrogen-bond acceptors (Lipinski definition) is 2. The molecule has 66 valence electrons. The molecule has 0 bridgehead atoms. The molecule has 0 amide bonds. The number of carboxylic acid groups (broad SMARTS) is 1. The van der Waals surface area contributed by atoms with Gasteiger partial charge in [-0.25, -0.2) is 4.39 Å². The summed E-state index contributed by atoms with van der Waals surface area (Å²) in [6, 6.07) is 4.27. The molecule has 3 nitrogen and oxygen atoms in total. The maximum absolute atomic E-state index is 12.9. The van der Waals surface area contributed by atoms with E-state index < -0.39 is 17.8 Å². The van der Waals surface area contributed by atoms with E-state index in [0.29, 0.717) is 0 Å². The molecule has 0 heterocycles. The molecule has 0 aliphatic carbocycles. The van der Waals surface area contributed by atoms with Crippen molar-refractivity contribution in [2.75, 3.05) is 0 Å². The van der Waals surface area contributed by atoms with E-state index in [0.717, 1.165) is 0 Å². The Morgan fingerprint density at radius 2 is 2.00 bits per heavy atom. The van der Waals surface area contributed by atoms with Gasteiger partial charge in [-0.05, 0) is 6.07 Å². The van der Waals surface area contributed by atoms with Crippen LogP contribution in [-0.2, 0) is 4.79 Å². The molecule has 1 aromatic carbocycles. The maximum atomic E-state index is 12.9. The molecule has 13 heavy (non-hydrogen) atoms. The van der Waals surface area contributed by atoms with Crippen LogP contribution in [0.2, 0.25) is 0 Å². The van der Waals surface area contributed by atoms with Crippen LogP contribution >= 0.6 is 0 Å². The first-order valence-electron chi connectivity index (χ1n) is 3.35. The first-order valence-corrected chi connectivity index (χ1v) is 3.35. The van der Waals surface area contributed by atoms with Gasteiger partial charge >= 0.3 is 35.5 Å². The van der Waals surface area contributed by atoms with E-state index in [-0.39, 0.29) is 35.1 Å². The number of rotatable bonds is 2. The van der Waals surface area contributed by atoms with Crippen LogP contribution in [0.25, 0.3) is 0 Å². The van der Waals surface area contributed by atoms with Crippen LogP contribution in [-0.4, -0.2) is 40.6 Å². The summed E-state index contributed by atoms with van der Waals surface area (Å²) in [7, 11) is 0. The van der Waals surface area contributed by atoms with Crippen molar-refractivity contribution in [3.63, 3.8) is 0 Å². The Labute approximate surface area is 97.0 Å². The minimum atomic E-state index is -1.29. The fourth-order valence-corrected chi connectivity index (χ4v) is 0.860. The zero-order valence-electron chi connectivity index (χ0n) is 6.20. The molecule has 5 heteroatoms. The van der Waals surface area contributed by atoms with E-state index in [9.17, 15) is 9.18 Å². The van der Waals surface area contributed by atoms with Crippen LogP contribution in [0.3, 0.4) is 0 Å². The quantitative estimate of drug-likeness (QED) is 0.662. The molecule has 0 aliphatic rings. The average Bonchev–Trinajstić information content (AvgIpc) is 2.04. The Hall–Kier alpha value is -0.420. The number of carbonyl (C=O) groups is 1. The van der Waals surface area contributed by atoms with Crippen LogP contribution in [0.15, 0.2) is 24.3 Å². The van der Waals surface area contributed by atoms with Crippen molar-refractivity contribution in [3.05, 3.63) is 35.6 Å². The van der Waals surface area contributed by atoms with Crippen molar-refractivity contribution >= 4 is 35.5 Å². The van der Waals surface area contributed by atoms with Crippen molar-refractivity contribution in [1.82, 2.24) is 0 Å². The summed E-state index contributed by atoms with van der Waals surface area (Å²) >= 11 is 0. The molecule has 1 unspecified atom stereocenters. The van der Waals surface area contributed by atoms with E-state index >= 15 is 0 Å². The van der Waals surface area contributed by atoms with Crippen LogP contribution in [0.5, 0.6) is 0 Å². The summed E-state index contributed by atoms with van der Waals surface area (Å²) < 4.78 is 12.9. The van der Waals surface area contributed by atoms with Crippen LogP contribution < -0.4 is 5.73 Å². The third-order valence-corrected chi connectivity index (χ3v) is 1.51. The fraction of sp³-hybridized carbons (Fsp3) is 0.125. The van der Waals surface area contributed by atoms with Crippen molar-refractivity contribution in [2.24, 2.45) is 5.73 Å². The number of hydrogen-bond donors (Lipinski definition) is 2. The zero-order valence-corrected chi connectivity index (χ0v) is 6.20. The standard InChI is InChI=1S/C8H8FNO2.Na.H/c9-6-4-2-1-3-5(6)7(10)8(11)12;;/h1-4,7H,10H2,(H,11,12);;. The molecule has 1 aromatic rings. The van der Waals surface area contributed by atoms with Gasteiger partial charge in [-0.15, -0.1) is 0 Å². The molecule has 0 aromatic heterocycles. The molecule has 3 N–H and O–H groups in total. The van der Waals surface area contributed by atoms with E-state index in [1.54, 1.807) is 6.07 Å². The molecule has 0 fully saturated rings. The SMILES string of the molecule is NC(C(=O)O)c1ccccc1F.[NaH]. The zero-order chi connectivity index (χ0) is 9.14. The number of nitrogens with two attached hydrogens (primary N) is 1. The van der Waals surface area contributed by atoms with Crippen LogP contribution in [0.1, 0.15) is 11.6 Å². The summed E-state index contributed by atoms with van der Waals surface area (Å²) in [5, 5.41) is 8.47. The van der Waals surface area contributed by atoms with Crippen molar-refractivity contribution in [3.8, 4) is 0 Å². The van der Waals surface area contributed by atoms with Gasteiger partial charge in [0.1, 0.15) is 11.9 Å². The van der Waals surface area contributed by atoms with Gasteiger partial charge in [-0.2, -0.15) is 0 Å². The summed E-state index contributed by atoms with van der Waals surface area (Å²) in [4.78, 5) is 10.4. The number of benzene rings is 1. The normalized spacial score (nSPS) is 11.5. The molecule has 0 aliphatic heterocycles. The second kappa shape index (κ2) is 5.34. The minimum absolute atomic E-state index is 0. The van der Waals surface area contributed by atoms with Gasteiger partial charge in [0, 0.05) is 5.56 Å². The predicted molar refractivity (Wildman–Crippen MR) is 48.1 cm³/mol. The summed E-state index contributed by atoms with van der Waals surface area (Å²) in [5.74, 6) is -1.83. The summed E-state index contributed by atoms with van der Waals surface area (Å²) in [6.45, 7) is 0. The van der Waals surface area contributed by atoms with E-state index in [4.69, 9.17) is 10.8 Å². The summed E-state index contributed by atoms with van der Waals surface area (Å²) in [5.41, 5.74) is 5.20. The Kier molecular flexibility index (Phi) is 5.17. The average molecular weight is 193 g/mol. The third-order valence-electron chi connectivity index (χ3n) is 1.51. The van der Waals surface area contributed by atoms with Crippen molar-refractivity contribution in [2.45, 2.75) is 6.04 Å². The Bertz CT molecular complexity index is 306. The van der Waals surface area contributed by atoms with E-state index in [1.165, 1.54) is 18.2 Å². The molecule has 0 spiro atoms. The van der Waals surface area contributed by atoms with Crippen LogP contribution in [0.4, 0.5) is 4.39 Å². The second-order valence-electron chi connectivity index (χ2n) is 2.34. The molecule has 1 rings (SSSR count). The topological polar surface area (TPSA) is 63.3 Å². The Balaban J connectivity index is 0.00000144. The molecule has 0 saturated carbocycles. The monoisotopic (exact) mass is 193 g/mol. The Morgan fingerprint density at radius 3 is 2.46 bits per heavy atom. The van der Waals surface area contributed by atoms with Gasteiger partial charge < -0.3 is 10.8 Å². The number of aliphatic carboxylic acids is 1. The molecular formula is C8H9FNNaO2. The first kappa shape index (κ1) is 12.6. The first-order chi connectivity index (χ1) is 5.63. The molecule has 1 atom stereocenters. The fourth-order valence-electron chi connectivity index (χ4n) is 0.860. The van der Waals surface area contributed by atoms with Gasteiger partial charge in [-0.1, -0.05) is 18.2 Å². The van der Waals surface area contributed by atoms with E-state index in [1.807, 2.05) is 0 Å². The predicted octanol–water partition coefficient (Wildman–Crippen LogP) is 0.262. The van der Waals surface area contributed by atoms with Gasteiger partial charge in [0.15, 0.2) is 0 Å². The number of halogens is 1. The molecular weight excluding hydrogens is 184 g/mol. The Morgan fingerprint density at radius 1 is 1.46 bits per heavy atom. The summed E-state index contributed by atoms with van der Waals surface area (Å²) in [6.07, 6.45) is 0. The van der Waals surface area contributed by atoms with E-state index in [2.05, 4.69) is 0 Å².